The Hall–Kier alpha value is -2.39. The minimum absolute atomic E-state index is 0.0907. The quantitative estimate of drug-likeness (QED) is 0.749. The van der Waals surface area contributed by atoms with E-state index < -0.39 is 0 Å². The van der Waals surface area contributed by atoms with Crippen molar-refractivity contribution in [2.45, 2.75) is 26.3 Å². The molecule has 3 aromatic rings. The van der Waals surface area contributed by atoms with Crippen molar-refractivity contribution in [3.8, 4) is 5.88 Å². The maximum absolute atomic E-state index is 11.6. The number of rotatable bonds is 4. The van der Waals surface area contributed by atoms with E-state index >= 15 is 0 Å². The molecule has 1 fully saturated rings. The van der Waals surface area contributed by atoms with Crippen molar-refractivity contribution in [2.24, 2.45) is 0 Å². The van der Waals surface area contributed by atoms with Gasteiger partial charge in [0.2, 0.25) is 16.7 Å². The summed E-state index contributed by atoms with van der Waals surface area (Å²) in [5, 5.41) is 15.1. The van der Waals surface area contributed by atoms with E-state index in [1.54, 1.807) is 13.2 Å². The average molecular weight is 375 g/mol. The van der Waals surface area contributed by atoms with Crippen LogP contribution in [0.3, 0.4) is 0 Å². The average Bonchev–Trinajstić information content (AvgIpc) is 3.35. The Balaban J connectivity index is 1.70. The van der Waals surface area contributed by atoms with E-state index in [9.17, 15) is 9.90 Å². The molecule has 1 N–H and O–H groups in total. The molecule has 1 saturated heterocycles. The van der Waals surface area contributed by atoms with Crippen LogP contribution in [-0.4, -0.2) is 61.6 Å². The second-order valence-electron chi connectivity index (χ2n) is 6.33. The lowest BCUT2D eigenvalue weighted by Gasteiger charge is -2.37. The van der Waals surface area contributed by atoms with E-state index in [1.165, 1.54) is 15.9 Å². The number of aromatic hydroxyl groups is 1. The number of nitrogens with zero attached hydrogens (tertiary/aromatic N) is 5. The van der Waals surface area contributed by atoms with Crippen LogP contribution in [0.25, 0.3) is 4.96 Å². The molecule has 1 atom stereocenters. The molecule has 3 aromatic heterocycles. The topological polar surface area (TPSA) is 87.1 Å². The van der Waals surface area contributed by atoms with Gasteiger partial charge in [0.05, 0.1) is 11.1 Å². The van der Waals surface area contributed by atoms with Gasteiger partial charge in [-0.1, -0.05) is 18.3 Å². The summed E-state index contributed by atoms with van der Waals surface area (Å²) in [5.41, 5.74) is 0. The van der Waals surface area contributed by atoms with E-state index in [0.717, 1.165) is 17.1 Å². The van der Waals surface area contributed by atoms with Crippen LogP contribution in [0.15, 0.2) is 22.8 Å². The molecule has 0 saturated carbocycles. The largest absolute Gasteiger partial charge is 0.492 e. The summed E-state index contributed by atoms with van der Waals surface area (Å²) in [5.74, 6) is 1.67. The van der Waals surface area contributed by atoms with Crippen LogP contribution in [0, 0.1) is 0 Å². The first-order valence-corrected chi connectivity index (χ1v) is 9.50. The predicted molar refractivity (Wildman–Crippen MR) is 96.3 cm³/mol. The zero-order chi connectivity index (χ0) is 18.3. The van der Waals surface area contributed by atoms with E-state index in [0.29, 0.717) is 37.0 Å². The van der Waals surface area contributed by atoms with Gasteiger partial charge in [-0.05, 0) is 12.1 Å². The molecular formula is C17H21N5O3S. The minimum Gasteiger partial charge on any atom is -0.492 e. The highest BCUT2D eigenvalue weighted by molar-refractivity contribution is 7.17. The van der Waals surface area contributed by atoms with Crippen LogP contribution in [0.1, 0.15) is 36.4 Å². The summed E-state index contributed by atoms with van der Waals surface area (Å²) in [6.45, 7) is 6.31. The van der Waals surface area contributed by atoms with Gasteiger partial charge in [0.15, 0.2) is 5.82 Å². The zero-order valence-corrected chi connectivity index (χ0v) is 15.6. The van der Waals surface area contributed by atoms with Crippen molar-refractivity contribution in [3.63, 3.8) is 0 Å². The molecule has 0 aliphatic carbocycles. The van der Waals surface area contributed by atoms with Gasteiger partial charge in [-0.3, -0.25) is 9.69 Å². The molecule has 9 heteroatoms. The summed E-state index contributed by atoms with van der Waals surface area (Å²) >= 11 is 1.42. The Kier molecular flexibility index (Phi) is 4.41. The summed E-state index contributed by atoms with van der Waals surface area (Å²) < 4.78 is 7.17. The van der Waals surface area contributed by atoms with Gasteiger partial charge in [0, 0.05) is 39.5 Å². The number of carbonyl (C=O) groups is 1. The first kappa shape index (κ1) is 17.0. The molecule has 0 bridgehead atoms. The minimum atomic E-state index is -0.224. The van der Waals surface area contributed by atoms with Gasteiger partial charge >= 0.3 is 0 Å². The fraction of sp³-hybridized carbons (Fsp3) is 0.471. The smallest absolute Gasteiger partial charge is 0.230 e. The molecule has 138 valence electrons. The second kappa shape index (κ2) is 6.73. The highest BCUT2D eigenvalue weighted by Crippen LogP contribution is 2.40. The van der Waals surface area contributed by atoms with Gasteiger partial charge in [-0.15, -0.1) is 5.10 Å². The normalized spacial score (nSPS) is 17.1. The third-order valence-electron chi connectivity index (χ3n) is 4.75. The summed E-state index contributed by atoms with van der Waals surface area (Å²) in [6.07, 6.45) is 2.36. The van der Waals surface area contributed by atoms with Gasteiger partial charge < -0.3 is 14.4 Å². The Bertz CT molecular complexity index is 909. The Morgan fingerprint density at radius 3 is 2.73 bits per heavy atom. The standard InChI is InChI=1S/C17H21N5O3S/c1-3-13-18-17-22(19-13)16(24)15(26-17)14(12-5-4-10-25-12)21-8-6-20(7-9-21)11(2)23/h4-5,10,14,24H,3,6-9H2,1-2H3/t14-/m1/s1. The van der Waals surface area contributed by atoms with Crippen LogP contribution in [0.4, 0.5) is 0 Å². The fourth-order valence-corrected chi connectivity index (χ4v) is 4.45. The lowest BCUT2D eigenvalue weighted by atomic mass is 10.1. The number of piperazine rings is 1. The van der Waals surface area contributed by atoms with Crippen LogP contribution < -0.4 is 0 Å². The molecule has 0 spiro atoms. The van der Waals surface area contributed by atoms with Gasteiger partial charge in [0.25, 0.3) is 0 Å². The van der Waals surface area contributed by atoms with E-state index in [-0.39, 0.29) is 17.8 Å². The van der Waals surface area contributed by atoms with Crippen LogP contribution in [-0.2, 0) is 11.2 Å². The monoisotopic (exact) mass is 375 g/mol. The Labute approximate surface area is 154 Å². The highest BCUT2D eigenvalue weighted by Gasteiger charge is 2.33. The SMILES string of the molecule is CCc1nc2sc([C@@H](c3ccco3)N3CCN(C(C)=O)CC3)c(O)n2n1. The first-order valence-electron chi connectivity index (χ1n) is 8.68. The maximum Gasteiger partial charge on any atom is 0.230 e. The molecule has 1 aliphatic heterocycles. The molecular weight excluding hydrogens is 354 g/mol. The van der Waals surface area contributed by atoms with Crippen molar-refractivity contribution >= 4 is 22.2 Å². The van der Waals surface area contributed by atoms with E-state index in [1.807, 2.05) is 24.0 Å². The maximum atomic E-state index is 11.6. The number of fused-ring (bicyclic) bond motifs is 1. The molecule has 1 amide bonds. The number of hydrogen-bond acceptors (Lipinski definition) is 7. The number of hydrogen-bond donors (Lipinski definition) is 1. The van der Waals surface area contributed by atoms with Gasteiger partial charge in [0.1, 0.15) is 11.8 Å². The second-order valence-corrected chi connectivity index (χ2v) is 7.33. The molecule has 26 heavy (non-hydrogen) atoms. The highest BCUT2D eigenvalue weighted by atomic mass is 32.1. The summed E-state index contributed by atoms with van der Waals surface area (Å²) in [6, 6.07) is 3.53. The van der Waals surface area contributed by atoms with Crippen molar-refractivity contribution in [2.75, 3.05) is 26.2 Å². The molecule has 0 radical (unpaired) electrons. The van der Waals surface area contributed by atoms with Crippen LogP contribution in [0.5, 0.6) is 5.88 Å². The molecule has 0 aromatic carbocycles. The summed E-state index contributed by atoms with van der Waals surface area (Å²) in [7, 11) is 0. The molecule has 4 heterocycles. The number of carbonyl (C=O) groups excluding carboxylic acids is 1. The van der Waals surface area contributed by atoms with Crippen molar-refractivity contribution in [3.05, 3.63) is 34.9 Å². The first-order chi connectivity index (χ1) is 12.6. The lowest BCUT2D eigenvalue weighted by molar-refractivity contribution is -0.130. The van der Waals surface area contributed by atoms with Crippen molar-refractivity contribution in [1.29, 1.82) is 0 Å². The predicted octanol–water partition coefficient (Wildman–Crippen LogP) is 1.91. The zero-order valence-electron chi connectivity index (χ0n) is 14.8. The Morgan fingerprint density at radius 1 is 1.38 bits per heavy atom. The van der Waals surface area contributed by atoms with E-state index in [2.05, 4.69) is 15.0 Å². The van der Waals surface area contributed by atoms with Gasteiger partial charge in [-0.25, -0.2) is 4.98 Å². The van der Waals surface area contributed by atoms with Crippen molar-refractivity contribution in [1.82, 2.24) is 24.4 Å². The molecule has 4 rings (SSSR count). The molecule has 1 aliphatic rings. The number of aromatic nitrogens is 3. The van der Waals surface area contributed by atoms with E-state index in [4.69, 9.17) is 4.42 Å². The van der Waals surface area contributed by atoms with Crippen LogP contribution in [0.2, 0.25) is 0 Å². The number of aryl methyl sites for hydroxylation is 1. The lowest BCUT2D eigenvalue weighted by Crippen LogP contribution is -2.49. The number of amides is 1. The van der Waals surface area contributed by atoms with Gasteiger partial charge in [-0.2, -0.15) is 4.52 Å². The Morgan fingerprint density at radius 2 is 2.15 bits per heavy atom. The number of furan rings is 1. The third kappa shape index (κ3) is 2.86. The molecule has 0 unspecified atom stereocenters. The summed E-state index contributed by atoms with van der Waals surface area (Å²) in [4.78, 5) is 21.6. The third-order valence-corrected chi connectivity index (χ3v) is 5.82. The fourth-order valence-electron chi connectivity index (χ4n) is 3.34. The molecule has 8 nitrogen and oxygen atoms in total. The van der Waals surface area contributed by atoms with Crippen LogP contribution >= 0.6 is 11.3 Å². The number of thiazole rings is 1. The van der Waals surface area contributed by atoms with Crippen molar-refractivity contribution < 1.29 is 14.3 Å².